The number of hydrogen-bond acceptors (Lipinski definition) is 1. The molecule has 0 bridgehead atoms. The molecule has 0 aliphatic heterocycles. The van der Waals surface area contributed by atoms with Crippen molar-refractivity contribution in [3.8, 4) is 5.75 Å². The zero-order valence-electron chi connectivity index (χ0n) is 16.6. The second-order valence-electron chi connectivity index (χ2n) is 7.00. The quantitative estimate of drug-likeness (QED) is 0.472. The van der Waals surface area contributed by atoms with E-state index in [2.05, 4.69) is 82.0 Å². The largest absolute Gasteiger partial charge is 0.488 e. The molecule has 0 aliphatic rings. The van der Waals surface area contributed by atoms with E-state index >= 15 is 0 Å². The third kappa shape index (κ3) is 5.19. The molecule has 0 saturated heterocycles. The molecule has 3 aromatic carbocycles. The Hall–Kier alpha value is -1.68. The van der Waals surface area contributed by atoms with Crippen LogP contribution in [0.1, 0.15) is 27.8 Å². The molecule has 3 heteroatoms. The minimum Gasteiger partial charge on any atom is -0.488 e. The van der Waals surface area contributed by atoms with E-state index in [4.69, 9.17) is 4.74 Å². The summed E-state index contributed by atoms with van der Waals surface area (Å²) in [5.41, 5.74) is 6.60. The van der Waals surface area contributed by atoms with Gasteiger partial charge in [-0.15, -0.1) is 8.58 Å². The molecule has 3 rings (SSSR count). The summed E-state index contributed by atoms with van der Waals surface area (Å²) >= 11 is 0. The lowest BCUT2D eigenvalue weighted by atomic mass is 10.1. The molecule has 0 N–H and O–H groups in total. The summed E-state index contributed by atoms with van der Waals surface area (Å²) in [5, 5.41) is 2.81. The summed E-state index contributed by atoms with van der Waals surface area (Å²) in [6.45, 7) is 9.46. The van der Waals surface area contributed by atoms with Crippen molar-refractivity contribution in [2.45, 2.75) is 33.5 Å². The molecule has 0 aliphatic carbocycles. The molecule has 0 saturated carbocycles. The molecule has 0 spiro atoms. The Balaban J connectivity index is 1.93. The van der Waals surface area contributed by atoms with Crippen LogP contribution >= 0.6 is 17.2 Å². The summed E-state index contributed by atoms with van der Waals surface area (Å²) in [7, 11) is 1.56. The fourth-order valence-corrected chi connectivity index (χ4v) is 5.77. The zero-order valence-corrected chi connectivity index (χ0v) is 18.6. The second kappa shape index (κ2) is 9.50. The van der Waals surface area contributed by atoms with Crippen molar-refractivity contribution < 1.29 is 4.74 Å². The van der Waals surface area contributed by atoms with Gasteiger partial charge in [0, 0.05) is 5.30 Å². The third-order valence-corrected chi connectivity index (χ3v) is 6.97. The standard InChI is InChI=1S/C24H28OP2/c1-17-13-19(3)23(25-15-20-10-6-5-7-11-20)22(14-17)27-24-18(2)9-8-12-21(24)16-26-4/h5-14,26-27H,15-16H2,1-4H3. The molecule has 0 aromatic heterocycles. The lowest BCUT2D eigenvalue weighted by Crippen LogP contribution is -2.15. The Bertz CT molecular complexity index is 904. The van der Waals surface area contributed by atoms with Gasteiger partial charge in [0.15, 0.2) is 0 Å². The van der Waals surface area contributed by atoms with Crippen LogP contribution in [0.4, 0.5) is 0 Å². The number of benzene rings is 3. The molecular weight excluding hydrogens is 366 g/mol. The number of aryl methyl sites for hydroxylation is 3. The SMILES string of the molecule is CPCc1cccc(C)c1Pc1cc(C)cc(C)c1OCc1ccccc1. The van der Waals surface area contributed by atoms with E-state index in [1.54, 1.807) is 0 Å². The predicted molar refractivity (Wildman–Crippen MR) is 123 cm³/mol. The molecule has 27 heavy (non-hydrogen) atoms. The first-order chi connectivity index (χ1) is 13.1. The highest BCUT2D eigenvalue weighted by Gasteiger charge is 2.13. The van der Waals surface area contributed by atoms with E-state index in [1.165, 1.54) is 38.4 Å². The maximum atomic E-state index is 6.33. The summed E-state index contributed by atoms with van der Waals surface area (Å²) in [5.74, 6) is 1.05. The molecule has 2 atom stereocenters. The normalized spacial score (nSPS) is 11.7. The van der Waals surface area contributed by atoms with Crippen LogP contribution in [0.25, 0.3) is 0 Å². The van der Waals surface area contributed by atoms with Gasteiger partial charge in [-0.3, -0.25) is 0 Å². The highest BCUT2D eigenvalue weighted by atomic mass is 31.1. The fourth-order valence-electron chi connectivity index (χ4n) is 3.35. The molecule has 0 heterocycles. The van der Waals surface area contributed by atoms with Crippen molar-refractivity contribution in [1.29, 1.82) is 0 Å². The van der Waals surface area contributed by atoms with Crippen molar-refractivity contribution in [3.63, 3.8) is 0 Å². The molecule has 1 nitrogen and oxygen atoms in total. The van der Waals surface area contributed by atoms with Crippen molar-refractivity contribution in [2.24, 2.45) is 0 Å². The summed E-state index contributed by atoms with van der Waals surface area (Å²) in [4.78, 5) is 0. The lowest BCUT2D eigenvalue weighted by Gasteiger charge is -2.18. The van der Waals surface area contributed by atoms with Gasteiger partial charge in [-0.25, -0.2) is 0 Å². The van der Waals surface area contributed by atoms with E-state index < -0.39 is 0 Å². The Labute approximate surface area is 167 Å². The van der Waals surface area contributed by atoms with Crippen LogP contribution in [0, 0.1) is 20.8 Å². The lowest BCUT2D eigenvalue weighted by molar-refractivity contribution is 0.307. The van der Waals surface area contributed by atoms with Gasteiger partial charge in [0.2, 0.25) is 0 Å². The monoisotopic (exact) mass is 394 g/mol. The number of rotatable bonds is 7. The third-order valence-electron chi connectivity index (χ3n) is 4.63. The van der Waals surface area contributed by atoms with Crippen LogP contribution in [-0.4, -0.2) is 6.66 Å². The van der Waals surface area contributed by atoms with E-state index in [1.807, 2.05) is 6.07 Å². The van der Waals surface area contributed by atoms with Gasteiger partial charge in [0.1, 0.15) is 12.4 Å². The van der Waals surface area contributed by atoms with Crippen LogP contribution in [0.3, 0.4) is 0 Å². The van der Waals surface area contributed by atoms with Crippen LogP contribution < -0.4 is 15.3 Å². The highest BCUT2D eigenvalue weighted by Crippen LogP contribution is 2.28. The van der Waals surface area contributed by atoms with E-state index in [0.717, 1.165) is 20.5 Å². The smallest absolute Gasteiger partial charge is 0.130 e. The minimum absolute atomic E-state index is 0.610. The zero-order chi connectivity index (χ0) is 19.2. The van der Waals surface area contributed by atoms with Gasteiger partial charge < -0.3 is 4.74 Å². The van der Waals surface area contributed by atoms with E-state index in [-0.39, 0.29) is 0 Å². The predicted octanol–water partition coefficient (Wildman–Crippen LogP) is 5.63. The van der Waals surface area contributed by atoms with Crippen LogP contribution in [-0.2, 0) is 12.8 Å². The van der Waals surface area contributed by atoms with Crippen LogP contribution in [0.5, 0.6) is 5.75 Å². The molecule has 0 radical (unpaired) electrons. The first kappa shape index (κ1) is 20.1. The summed E-state index contributed by atoms with van der Waals surface area (Å²) in [6, 6.07) is 21.6. The maximum absolute atomic E-state index is 6.33. The average Bonchev–Trinajstić information content (AvgIpc) is 2.65. The van der Waals surface area contributed by atoms with Gasteiger partial charge in [-0.1, -0.05) is 63.2 Å². The summed E-state index contributed by atoms with van der Waals surface area (Å²) in [6.07, 6.45) is 1.16. The van der Waals surface area contributed by atoms with Crippen LogP contribution in [0.15, 0.2) is 60.7 Å². The van der Waals surface area contributed by atoms with Crippen molar-refractivity contribution in [3.05, 3.63) is 88.5 Å². The average molecular weight is 394 g/mol. The first-order valence-electron chi connectivity index (χ1n) is 9.36. The molecule has 0 fully saturated rings. The van der Waals surface area contributed by atoms with Gasteiger partial charge in [0.25, 0.3) is 0 Å². The number of ether oxygens (including phenoxy) is 1. The first-order valence-corrected chi connectivity index (χ1v) is 12.1. The van der Waals surface area contributed by atoms with E-state index in [0.29, 0.717) is 15.2 Å². The Morgan fingerprint density at radius 2 is 1.63 bits per heavy atom. The molecule has 3 aromatic rings. The second-order valence-corrected chi connectivity index (χ2v) is 9.35. The van der Waals surface area contributed by atoms with Crippen molar-refractivity contribution in [2.75, 3.05) is 6.66 Å². The molecule has 2 unspecified atom stereocenters. The maximum Gasteiger partial charge on any atom is 0.130 e. The fraction of sp³-hybridized carbons (Fsp3) is 0.250. The molecule has 0 amide bonds. The van der Waals surface area contributed by atoms with Crippen LogP contribution in [0.2, 0.25) is 0 Å². The minimum atomic E-state index is 0.610. The van der Waals surface area contributed by atoms with Gasteiger partial charge in [-0.05, 0) is 72.8 Å². The van der Waals surface area contributed by atoms with Crippen molar-refractivity contribution >= 4 is 27.8 Å². The topological polar surface area (TPSA) is 9.23 Å². The molecular formula is C24H28OP2. The van der Waals surface area contributed by atoms with Gasteiger partial charge in [-0.2, -0.15) is 0 Å². The van der Waals surface area contributed by atoms with E-state index in [9.17, 15) is 0 Å². The summed E-state index contributed by atoms with van der Waals surface area (Å²) < 4.78 is 6.33. The van der Waals surface area contributed by atoms with Gasteiger partial charge in [0.05, 0.1) is 0 Å². The Morgan fingerprint density at radius 3 is 2.37 bits per heavy atom. The van der Waals surface area contributed by atoms with Gasteiger partial charge >= 0.3 is 0 Å². The number of hydrogen-bond donors (Lipinski definition) is 0. The Morgan fingerprint density at radius 1 is 0.852 bits per heavy atom. The molecule has 140 valence electrons. The highest BCUT2D eigenvalue weighted by molar-refractivity contribution is 7.56. The Kier molecular flexibility index (Phi) is 7.06. The van der Waals surface area contributed by atoms with Crippen molar-refractivity contribution in [1.82, 2.24) is 0 Å².